The molecule has 250 valence electrons. The van der Waals surface area contributed by atoms with E-state index in [1.807, 2.05) is 0 Å². The summed E-state index contributed by atoms with van der Waals surface area (Å²) in [5, 5.41) is 88.7. The Morgan fingerprint density at radius 3 is 2.21 bits per heavy atom. The maximum Gasteiger partial charge on any atom is 0.253 e. The van der Waals surface area contributed by atoms with Crippen molar-refractivity contribution in [1.82, 2.24) is 10.6 Å². The molecule has 2 saturated carbocycles. The molecule has 4 aliphatic rings. The molecule has 0 aromatic carbocycles. The van der Waals surface area contributed by atoms with Gasteiger partial charge in [0.05, 0.1) is 37.1 Å². The fourth-order valence-electron chi connectivity index (χ4n) is 6.10. The van der Waals surface area contributed by atoms with E-state index in [9.17, 15) is 40.5 Å². The Balaban J connectivity index is 1.51. The number of nitrogens with one attached hydrogen (secondary N) is 2. The van der Waals surface area contributed by atoms with Crippen LogP contribution in [0.25, 0.3) is 0 Å². The van der Waals surface area contributed by atoms with Crippen LogP contribution in [0.1, 0.15) is 39.5 Å². The predicted octanol–water partition coefficient (Wildman–Crippen LogP) is -5.01. The maximum absolute atomic E-state index is 12.9. The molecule has 2 aliphatic heterocycles. The van der Waals surface area contributed by atoms with Crippen molar-refractivity contribution < 1.29 is 64.6 Å². The molecule has 0 aromatic heterocycles. The number of carbonyl (C=O) groups excluding carboxylic acids is 1. The first-order valence-corrected chi connectivity index (χ1v) is 15.1. The van der Waals surface area contributed by atoms with Crippen LogP contribution in [0.5, 0.6) is 0 Å². The number of carbonyl (C=O) groups is 1. The monoisotopic (exact) mass is 623 g/mol. The Kier molecular flexibility index (Phi) is 11.8. The maximum atomic E-state index is 12.9. The summed E-state index contributed by atoms with van der Waals surface area (Å²) in [6, 6.07) is -1.64. The number of amides is 1. The number of aliphatic hydroxyl groups excluding tert-OH is 7. The largest absolute Gasteiger partial charge is 0.396 e. The third-order valence-electron chi connectivity index (χ3n) is 9.15. The summed E-state index contributed by atoms with van der Waals surface area (Å²) in [5.74, 6) is -1.84. The van der Waals surface area contributed by atoms with Gasteiger partial charge < -0.3 is 76.2 Å². The molecule has 1 amide bonds. The van der Waals surface area contributed by atoms with Crippen molar-refractivity contribution in [2.24, 2.45) is 17.6 Å². The average Bonchev–Trinajstić information content (AvgIpc) is 3.59. The standard InChI is InChI=1S/C27H49N3O13/c1-11-6-13(30-26(38)27(39)8-18(27)28)23(43-24-15(34)7-14(33)17(10-32)41-24)21(37)22(11)42-25-20(36)12(2)19(35)16(40-25)9-29-4-3-5-31/h11-25,29,31-37,39H,3-10,28H2,1-2H3,(H,30,38). The third kappa shape index (κ3) is 7.66. The van der Waals surface area contributed by atoms with Gasteiger partial charge in [0.25, 0.3) is 5.91 Å². The highest BCUT2D eigenvalue weighted by atomic mass is 16.7. The lowest BCUT2D eigenvalue weighted by molar-refractivity contribution is -0.330. The molecular formula is C27H49N3O13. The summed E-state index contributed by atoms with van der Waals surface area (Å²) in [5.41, 5.74) is 3.99. The second-order valence-electron chi connectivity index (χ2n) is 12.5. The molecule has 2 aliphatic carbocycles. The molecule has 4 rings (SSSR count). The highest BCUT2D eigenvalue weighted by molar-refractivity contribution is 5.89. The molecule has 0 radical (unpaired) electrons. The molecular weight excluding hydrogens is 574 g/mol. The Morgan fingerprint density at radius 2 is 1.58 bits per heavy atom. The minimum Gasteiger partial charge on any atom is -0.396 e. The lowest BCUT2D eigenvalue weighted by Gasteiger charge is -2.49. The van der Waals surface area contributed by atoms with Crippen molar-refractivity contribution in [3.63, 3.8) is 0 Å². The summed E-state index contributed by atoms with van der Waals surface area (Å²) >= 11 is 0. The van der Waals surface area contributed by atoms with Gasteiger partial charge in [0.2, 0.25) is 0 Å². The van der Waals surface area contributed by atoms with Crippen molar-refractivity contribution >= 4 is 5.91 Å². The smallest absolute Gasteiger partial charge is 0.253 e. The van der Waals surface area contributed by atoms with Gasteiger partial charge in [-0.3, -0.25) is 4.79 Å². The van der Waals surface area contributed by atoms with E-state index >= 15 is 0 Å². The molecule has 2 heterocycles. The highest BCUT2D eigenvalue weighted by Crippen LogP contribution is 2.38. The first kappa shape index (κ1) is 34.8. The fourth-order valence-corrected chi connectivity index (χ4v) is 6.10. The zero-order valence-corrected chi connectivity index (χ0v) is 24.5. The van der Waals surface area contributed by atoms with Gasteiger partial charge in [-0.15, -0.1) is 0 Å². The molecule has 0 spiro atoms. The van der Waals surface area contributed by atoms with E-state index in [1.54, 1.807) is 13.8 Å². The zero-order valence-electron chi connectivity index (χ0n) is 24.5. The Bertz CT molecular complexity index is 921. The van der Waals surface area contributed by atoms with Crippen LogP contribution in [0.3, 0.4) is 0 Å². The normalized spacial score (nSPS) is 48.6. The minimum absolute atomic E-state index is 0.000326. The predicted molar refractivity (Wildman–Crippen MR) is 146 cm³/mol. The van der Waals surface area contributed by atoms with Gasteiger partial charge in [0.15, 0.2) is 18.2 Å². The molecule has 16 nitrogen and oxygen atoms in total. The Hall–Kier alpha value is -1.09. The van der Waals surface area contributed by atoms with Crippen molar-refractivity contribution in [1.29, 1.82) is 0 Å². The number of nitrogens with two attached hydrogens (primary N) is 1. The van der Waals surface area contributed by atoms with Crippen LogP contribution in [0, 0.1) is 11.8 Å². The lowest BCUT2D eigenvalue weighted by atomic mass is 9.79. The van der Waals surface area contributed by atoms with Crippen LogP contribution in [0.4, 0.5) is 0 Å². The van der Waals surface area contributed by atoms with Crippen molar-refractivity contribution in [2.45, 2.75) is 125 Å². The number of ether oxygens (including phenoxy) is 4. The number of hydrogen-bond donors (Lipinski definition) is 11. The van der Waals surface area contributed by atoms with Crippen LogP contribution in [-0.4, -0.2) is 158 Å². The first-order valence-electron chi connectivity index (χ1n) is 15.1. The van der Waals surface area contributed by atoms with Gasteiger partial charge in [0.1, 0.15) is 30.5 Å². The number of aliphatic hydroxyl groups is 8. The van der Waals surface area contributed by atoms with Crippen LogP contribution in [0.2, 0.25) is 0 Å². The molecule has 16 atom stereocenters. The number of hydrogen-bond acceptors (Lipinski definition) is 15. The molecule has 4 fully saturated rings. The van der Waals surface area contributed by atoms with Crippen molar-refractivity contribution in [3.8, 4) is 0 Å². The van der Waals surface area contributed by atoms with Crippen LogP contribution < -0.4 is 16.4 Å². The van der Waals surface area contributed by atoms with E-state index in [2.05, 4.69) is 10.6 Å². The summed E-state index contributed by atoms with van der Waals surface area (Å²) in [6.45, 7) is 3.56. The SMILES string of the molecule is CC1CC(NC(=O)C2(O)CC2N)C(OC2OC(CO)C(O)CC2O)C(O)C1OC1OC(CNCCCO)C(O)C(C)C1O. The average molecular weight is 624 g/mol. The van der Waals surface area contributed by atoms with Gasteiger partial charge in [0, 0.05) is 38.0 Å². The second-order valence-corrected chi connectivity index (χ2v) is 12.5. The highest BCUT2D eigenvalue weighted by Gasteiger charge is 2.59. The molecule has 0 bridgehead atoms. The lowest BCUT2D eigenvalue weighted by Crippen LogP contribution is -2.65. The van der Waals surface area contributed by atoms with Crippen LogP contribution >= 0.6 is 0 Å². The molecule has 12 N–H and O–H groups in total. The van der Waals surface area contributed by atoms with Gasteiger partial charge in [-0.1, -0.05) is 13.8 Å². The van der Waals surface area contributed by atoms with Crippen molar-refractivity contribution in [3.05, 3.63) is 0 Å². The van der Waals surface area contributed by atoms with E-state index in [0.29, 0.717) is 13.0 Å². The van der Waals surface area contributed by atoms with Gasteiger partial charge in [-0.05, 0) is 25.3 Å². The Labute approximate surface area is 250 Å². The molecule has 2 saturated heterocycles. The van der Waals surface area contributed by atoms with E-state index in [0.717, 1.165) is 0 Å². The molecule has 0 aromatic rings. The molecule has 16 heteroatoms. The molecule has 43 heavy (non-hydrogen) atoms. The third-order valence-corrected chi connectivity index (χ3v) is 9.15. The summed E-state index contributed by atoms with van der Waals surface area (Å²) in [4.78, 5) is 12.9. The second kappa shape index (κ2) is 14.6. The first-order chi connectivity index (χ1) is 20.3. The van der Waals surface area contributed by atoms with Gasteiger partial charge in [-0.2, -0.15) is 0 Å². The summed E-state index contributed by atoms with van der Waals surface area (Å²) in [6.07, 6.45) is -12.4. The molecule has 16 unspecified atom stereocenters. The zero-order chi connectivity index (χ0) is 31.6. The van der Waals surface area contributed by atoms with E-state index in [-0.39, 0.29) is 32.4 Å². The van der Waals surface area contributed by atoms with Crippen molar-refractivity contribution in [2.75, 3.05) is 26.3 Å². The van der Waals surface area contributed by atoms with Crippen LogP contribution in [0.15, 0.2) is 0 Å². The van der Waals surface area contributed by atoms with E-state index in [1.165, 1.54) is 0 Å². The van der Waals surface area contributed by atoms with Gasteiger partial charge in [-0.25, -0.2) is 0 Å². The fraction of sp³-hybridized carbons (Fsp3) is 0.963. The van der Waals surface area contributed by atoms with E-state index in [4.69, 9.17) is 29.8 Å². The summed E-state index contributed by atoms with van der Waals surface area (Å²) < 4.78 is 23.7. The Morgan fingerprint density at radius 1 is 0.930 bits per heavy atom. The van der Waals surface area contributed by atoms with Gasteiger partial charge >= 0.3 is 0 Å². The topological polar surface area (TPSA) is 266 Å². The minimum atomic E-state index is -1.75. The summed E-state index contributed by atoms with van der Waals surface area (Å²) in [7, 11) is 0. The quantitative estimate of drug-likeness (QED) is 0.0909. The van der Waals surface area contributed by atoms with Crippen LogP contribution in [-0.2, 0) is 23.7 Å². The van der Waals surface area contributed by atoms with E-state index < -0.39 is 110 Å². The number of rotatable bonds is 12.